The number of rotatable bonds is 7. The van der Waals surface area contributed by atoms with E-state index in [0.717, 1.165) is 5.92 Å². The summed E-state index contributed by atoms with van der Waals surface area (Å²) in [5.74, 6) is 1.66. The highest BCUT2D eigenvalue weighted by atomic mass is 19.3. The van der Waals surface area contributed by atoms with Crippen LogP contribution in [0.15, 0.2) is 36.4 Å². The molecule has 0 unspecified atom stereocenters. The van der Waals surface area contributed by atoms with Crippen LogP contribution < -0.4 is 4.74 Å². The maximum Gasteiger partial charge on any atom is 0.344 e. The zero-order valence-electron chi connectivity index (χ0n) is 17.0. The first-order valence-electron chi connectivity index (χ1n) is 11.0. The summed E-state index contributed by atoms with van der Waals surface area (Å²) >= 11 is 0. The summed E-state index contributed by atoms with van der Waals surface area (Å²) in [7, 11) is 0. The smallest absolute Gasteiger partial charge is 0.344 e. The van der Waals surface area contributed by atoms with Crippen molar-refractivity contribution in [2.75, 3.05) is 0 Å². The van der Waals surface area contributed by atoms with Crippen molar-refractivity contribution in [1.29, 1.82) is 0 Å². The molecule has 2 saturated carbocycles. The quantitative estimate of drug-likeness (QED) is 0.423. The molecule has 1 aromatic carbocycles. The van der Waals surface area contributed by atoms with Crippen LogP contribution >= 0.6 is 0 Å². The van der Waals surface area contributed by atoms with E-state index in [1.54, 1.807) is 12.1 Å². The summed E-state index contributed by atoms with van der Waals surface area (Å²) in [5.41, 5.74) is 1.47. The van der Waals surface area contributed by atoms with Gasteiger partial charge in [-0.1, -0.05) is 57.6 Å². The monoisotopic (exact) mass is 394 g/mol. The zero-order chi connectivity index (χ0) is 20.0. The Kier molecular flexibility index (Phi) is 7.48. The molecule has 2 fully saturated rings. The van der Waals surface area contributed by atoms with Crippen molar-refractivity contribution in [2.45, 2.75) is 89.4 Å². The van der Waals surface area contributed by atoms with Crippen molar-refractivity contribution in [3.63, 3.8) is 0 Å². The first-order valence-corrected chi connectivity index (χ1v) is 11.0. The fraction of sp³-hybridized carbons (Fsp3) is 0.667. The number of hydrogen-bond acceptors (Lipinski definition) is 1. The molecule has 0 aromatic heterocycles. The largest absolute Gasteiger partial charge is 0.428 e. The second kappa shape index (κ2) is 9.84. The fourth-order valence-electron chi connectivity index (χ4n) is 5.56. The normalized spacial score (nSPS) is 26.1. The summed E-state index contributed by atoms with van der Waals surface area (Å²) in [4.78, 5) is 0. The molecule has 0 aliphatic heterocycles. The van der Waals surface area contributed by atoms with Crippen LogP contribution in [0.2, 0.25) is 0 Å². The van der Waals surface area contributed by atoms with Gasteiger partial charge in [0.05, 0.1) is 0 Å². The Morgan fingerprint density at radius 3 is 2.18 bits per heavy atom. The first kappa shape index (κ1) is 21.3. The van der Waals surface area contributed by atoms with Gasteiger partial charge in [-0.15, -0.1) is 0 Å². The van der Waals surface area contributed by atoms with Gasteiger partial charge in [-0.3, -0.25) is 0 Å². The minimum absolute atomic E-state index is 0.129. The molecule has 2 aliphatic carbocycles. The van der Waals surface area contributed by atoms with Gasteiger partial charge in [0.15, 0.2) is 0 Å². The Balaban J connectivity index is 1.78. The van der Waals surface area contributed by atoms with Crippen molar-refractivity contribution >= 4 is 0 Å². The molecule has 1 nitrogen and oxygen atoms in total. The SMILES string of the molecule is CCCC[C@H]1CC[C@@](c2ccc(OC(F)=C(F)F)cc2)(C2CCCCC2)CC1. The van der Waals surface area contributed by atoms with Crippen LogP contribution in [0.1, 0.15) is 89.5 Å². The molecular formula is C24H33F3O. The number of benzene rings is 1. The predicted molar refractivity (Wildman–Crippen MR) is 107 cm³/mol. The van der Waals surface area contributed by atoms with Gasteiger partial charge in [0.1, 0.15) is 5.75 Å². The fourth-order valence-corrected chi connectivity index (χ4v) is 5.56. The van der Waals surface area contributed by atoms with E-state index in [4.69, 9.17) is 0 Å². The van der Waals surface area contributed by atoms with Crippen LogP contribution in [0.4, 0.5) is 13.2 Å². The summed E-state index contributed by atoms with van der Waals surface area (Å²) in [5, 5.41) is 0. The standard InChI is InChI=1S/C24H33F3O/c1-2-3-7-18-14-16-24(17-15-18,19-8-5-4-6-9-19)20-10-12-21(13-11-20)28-23(27)22(25)26/h10-13,18-19H,2-9,14-17H2,1H3/t18-,24-. The topological polar surface area (TPSA) is 9.23 Å². The van der Waals surface area contributed by atoms with E-state index in [0.29, 0.717) is 5.92 Å². The van der Waals surface area contributed by atoms with Gasteiger partial charge in [0, 0.05) is 0 Å². The zero-order valence-corrected chi connectivity index (χ0v) is 17.0. The molecule has 2 aliphatic rings. The lowest BCUT2D eigenvalue weighted by molar-refractivity contribution is 0.120. The molecule has 0 spiro atoms. The first-order chi connectivity index (χ1) is 13.5. The maximum absolute atomic E-state index is 13.1. The van der Waals surface area contributed by atoms with E-state index in [-0.39, 0.29) is 11.2 Å². The Bertz CT molecular complexity index is 634. The van der Waals surface area contributed by atoms with E-state index in [1.165, 1.54) is 82.6 Å². The van der Waals surface area contributed by atoms with E-state index in [1.807, 2.05) is 12.1 Å². The van der Waals surface area contributed by atoms with Crippen LogP contribution in [0.25, 0.3) is 0 Å². The third-order valence-corrected chi connectivity index (χ3v) is 7.14. The van der Waals surface area contributed by atoms with Gasteiger partial charge < -0.3 is 4.74 Å². The molecular weight excluding hydrogens is 361 g/mol. The van der Waals surface area contributed by atoms with Gasteiger partial charge in [-0.25, -0.2) is 0 Å². The molecule has 0 N–H and O–H groups in total. The number of hydrogen-bond donors (Lipinski definition) is 0. The average Bonchev–Trinajstić information content (AvgIpc) is 2.74. The van der Waals surface area contributed by atoms with Crippen molar-refractivity contribution in [2.24, 2.45) is 11.8 Å². The van der Waals surface area contributed by atoms with E-state index >= 15 is 0 Å². The Labute approximate surface area is 167 Å². The minimum Gasteiger partial charge on any atom is -0.428 e. The Morgan fingerprint density at radius 1 is 0.964 bits per heavy atom. The lowest BCUT2D eigenvalue weighted by Gasteiger charge is -2.48. The van der Waals surface area contributed by atoms with Gasteiger partial charge >= 0.3 is 12.1 Å². The second-order valence-corrected chi connectivity index (χ2v) is 8.74. The third kappa shape index (κ3) is 4.93. The maximum atomic E-state index is 13.1. The van der Waals surface area contributed by atoms with Crippen molar-refractivity contribution in [1.82, 2.24) is 0 Å². The molecule has 4 heteroatoms. The number of ether oxygens (including phenoxy) is 1. The van der Waals surface area contributed by atoms with Crippen LogP contribution in [-0.2, 0) is 5.41 Å². The summed E-state index contributed by atoms with van der Waals surface area (Å²) in [6.45, 7) is 2.26. The van der Waals surface area contributed by atoms with Crippen LogP contribution in [0.3, 0.4) is 0 Å². The molecule has 28 heavy (non-hydrogen) atoms. The highest BCUT2D eigenvalue weighted by Crippen LogP contribution is 2.52. The molecule has 0 atom stereocenters. The summed E-state index contributed by atoms with van der Waals surface area (Å²) < 4.78 is 42.3. The highest BCUT2D eigenvalue weighted by molar-refractivity contribution is 5.34. The number of halogens is 3. The molecule has 1 aromatic rings. The minimum atomic E-state index is -2.42. The summed E-state index contributed by atoms with van der Waals surface area (Å²) in [6, 6.07) is 5.45. The van der Waals surface area contributed by atoms with Crippen molar-refractivity contribution in [3.05, 3.63) is 41.9 Å². The Hall–Kier alpha value is -1.45. The predicted octanol–water partition coefficient (Wildman–Crippen LogP) is 8.30. The van der Waals surface area contributed by atoms with E-state index in [9.17, 15) is 13.2 Å². The van der Waals surface area contributed by atoms with Gasteiger partial charge in [0.25, 0.3) is 0 Å². The van der Waals surface area contributed by atoms with Crippen LogP contribution in [0, 0.1) is 11.8 Å². The molecule has 0 radical (unpaired) electrons. The highest BCUT2D eigenvalue weighted by Gasteiger charge is 2.43. The molecule has 156 valence electrons. The lowest BCUT2D eigenvalue weighted by Crippen LogP contribution is -2.40. The second-order valence-electron chi connectivity index (χ2n) is 8.74. The number of unbranched alkanes of at least 4 members (excludes halogenated alkanes) is 1. The summed E-state index contributed by atoms with van der Waals surface area (Å²) in [6.07, 6.45) is 13.0. The van der Waals surface area contributed by atoms with Crippen LogP contribution in [-0.4, -0.2) is 0 Å². The van der Waals surface area contributed by atoms with Crippen LogP contribution in [0.5, 0.6) is 5.75 Å². The molecule has 0 bridgehead atoms. The molecule has 0 amide bonds. The molecule has 3 rings (SSSR count). The lowest BCUT2D eigenvalue weighted by atomic mass is 9.57. The molecule has 0 saturated heterocycles. The van der Waals surface area contributed by atoms with E-state index < -0.39 is 12.1 Å². The van der Waals surface area contributed by atoms with Gasteiger partial charge in [0.2, 0.25) is 0 Å². The van der Waals surface area contributed by atoms with E-state index in [2.05, 4.69) is 11.7 Å². The van der Waals surface area contributed by atoms with Crippen molar-refractivity contribution in [3.8, 4) is 5.75 Å². The van der Waals surface area contributed by atoms with Crippen molar-refractivity contribution < 1.29 is 17.9 Å². The third-order valence-electron chi connectivity index (χ3n) is 7.14. The van der Waals surface area contributed by atoms with Gasteiger partial charge in [-0.05, 0) is 73.5 Å². The average molecular weight is 395 g/mol. The molecule has 0 heterocycles. The van der Waals surface area contributed by atoms with Gasteiger partial charge in [-0.2, -0.15) is 13.2 Å². The Morgan fingerprint density at radius 2 is 1.61 bits per heavy atom.